The molecular weight excluding hydrogens is 266 g/mol. The fourth-order valence-corrected chi connectivity index (χ4v) is 1.61. The van der Waals surface area contributed by atoms with Crippen LogP contribution in [0.5, 0.6) is 0 Å². The van der Waals surface area contributed by atoms with Crippen LogP contribution in [-0.4, -0.2) is 11.1 Å². The third-order valence-corrected chi connectivity index (χ3v) is 2.64. The summed E-state index contributed by atoms with van der Waals surface area (Å²) in [4.78, 5) is 10.7. The van der Waals surface area contributed by atoms with E-state index in [0.717, 1.165) is 5.56 Å². The molecule has 0 amide bonds. The molecule has 2 aromatic rings. The smallest absolute Gasteiger partial charge is 0.346 e. The Kier molecular flexibility index (Phi) is 3.69. The molecule has 0 aliphatic heterocycles. The van der Waals surface area contributed by atoms with Crippen LogP contribution >= 0.6 is 11.6 Å². The van der Waals surface area contributed by atoms with Crippen LogP contribution in [0.25, 0.3) is 17.4 Å². The topological polar surface area (TPSA) is 74.2 Å². The molecule has 1 N–H and O–H groups in total. The van der Waals surface area contributed by atoms with Crippen molar-refractivity contribution in [3.8, 4) is 17.4 Å². The largest absolute Gasteiger partial charge is 0.477 e. The van der Waals surface area contributed by atoms with Gasteiger partial charge < -0.3 is 9.52 Å². The number of carboxylic acids is 1. The highest BCUT2D eigenvalue weighted by Crippen LogP contribution is 2.24. The Bertz CT molecular complexity index is 677. The number of nitriles is 1. The van der Waals surface area contributed by atoms with Crippen LogP contribution in [-0.2, 0) is 4.79 Å². The molecule has 1 aromatic heterocycles. The summed E-state index contributed by atoms with van der Waals surface area (Å²) in [6, 6.07) is 11.9. The number of benzene rings is 1. The Morgan fingerprint density at radius 1 is 1.26 bits per heavy atom. The normalized spacial score (nSPS) is 11.1. The molecule has 0 bridgehead atoms. The van der Waals surface area contributed by atoms with Crippen LogP contribution in [0.4, 0.5) is 0 Å². The lowest BCUT2D eigenvalue weighted by molar-refractivity contribution is -0.132. The van der Waals surface area contributed by atoms with E-state index in [0.29, 0.717) is 16.5 Å². The average Bonchev–Trinajstić information content (AvgIpc) is 2.85. The van der Waals surface area contributed by atoms with Gasteiger partial charge in [-0.1, -0.05) is 11.6 Å². The molecule has 0 aliphatic rings. The minimum atomic E-state index is -1.29. The first-order valence-corrected chi connectivity index (χ1v) is 5.69. The number of halogens is 1. The van der Waals surface area contributed by atoms with E-state index in [2.05, 4.69) is 0 Å². The van der Waals surface area contributed by atoms with Crippen molar-refractivity contribution in [3.63, 3.8) is 0 Å². The summed E-state index contributed by atoms with van der Waals surface area (Å²) in [7, 11) is 0. The Morgan fingerprint density at radius 3 is 2.53 bits per heavy atom. The molecular formula is C14H8ClNO3. The van der Waals surface area contributed by atoms with Crippen molar-refractivity contribution in [2.45, 2.75) is 0 Å². The number of nitrogens with zero attached hydrogens (tertiary/aromatic N) is 1. The van der Waals surface area contributed by atoms with E-state index >= 15 is 0 Å². The van der Waals surface area contributed by atoms with Crippen LogP contribution in [0.2, 0.25) is 5.02 Å². The Labute approximate surface area is 114 Å². The van der Waals surface area contributed by atoms with Crippen LogP contribution in [0.1, 0.15) is 5.76 Å². The highest BCUT2D eigenvalue weighted by Gasteiger charge is 2.08. The van der Waals surface area contributed by atoms with E-state index in [4.69, 9.17) is 26.4 Å². The number of carboxylic acid groups (broad SMARTS) is 1. The first-order valence-electron chi connectivity index (χ1n) is 5.31. The molecule has 0 radical (unpaired) electrons. The molecule has 0 atom stereocenters. The van der Waals surface area contributed by atoms with Gasteiger partial charge >= 0.3 is 5.97 Å². The molecule has 5 heteroatoms. The van der Waals surface area contributed by atoms with Crippen molar-refractivity contribution < 1.29 is 14.3 Å². The summed E-state index contributed by atoms with van der Waals surface area (Å²) in [5.41, 5.74) is 0.440. The van der Waals surface area contributed by atoms with Gasteiger partial charge in [-0.15, -0.1) is 0 Å². The maximum Gasteiger partial charge on any atom is 0.346 e. The van der Waals surface area contributed by atoms with Gasteiger partial charge in [0.25, 0.3) is 0 Å². The molecule has 0 saturated heterocycles. The van der Waals surface area contributed by atoms with E-state index in [9.17, 15) is 4.79 Å². The maximum atomic E-state index is 10.7. The number of hydrogen-bond donors (Lipinski definition) is 1. The summed E-state index contributed by atoms with van der Waals surface area (Å²) in [6.07, 6.45) is 1.18. The van der Waals surface area contributed by atoms with E-state index in [-0.39, 0.29) is 5.57 Å². The predicted octanol–water partition coefficient (Wildman–Crippen LogP) is 3.59. The van der Waals surface area contributed by atoms with Gasteiger partial charge in [-0.25, -0.2) is 4.79 Å². The monoisotopic (exact) mass is 273 g/mol. The standard InChI is InChI=1S/C14H8ClNO3/c15-11-3-1-9(2-4-11)13-6-5-12(19-13)7-10(8-16)14(17)18/h1-7H,(H,17,18). The molecule has 0 spiro atoms. The molecule has 0 unspecified atom stereocenters. The summed E-state index contributed by atoms with van der Waals surface area (Å²) < 4.78 is 5.46. The van der Waals surface area contributed by atoms with Gasteiger partial charge in [-0.05, 0) is 36.4 Å². The lowest BCUT2D eigenvalue weighted by atomic mass is 10.2. The first-order chi connectivity index (χ1) is 9.10. The van der Waals surface area contributed by atoms with Gasteiger partial charge in [0, 0.05) is 16.7 Å². The first kappa shape index (κ1) is 12.9. The van der Waals surface area contributed by atoms with Gasteiger partial charge in [0.2, 0.25) is 0 Å². The SMILES string of the molecule is N#CC(=Cc1ccc(-c2ccc(Cl)cc2)o1)C(=O)O. The fraction of sp³-hybridized carbons (Fsp3) is 0. The second kappa shape index (κ2) is 5.42. The zero-order valence-electron chi connectivity index (χ0n) is 9.63. The summed E-state index contributed by atoms with van der Waals surface area (Å²) >= 11 is 5.79. The highest BCUT2D eigenvalue weighted by atomic mass is 35.5. The molecule has 0 fully saturated rings. The highest BCUT2D eigenvalue weighted by molar-refractivity contribution is 6.30. The van der Waals surface area contributed by atoms with Crippen molar-refractivity contribution in [3.05, 3.63) is 52.8 Å². The molecule has 19 heavy (non-hydrogen) atoms. The molecule has 4 nitrogen and oxygen atoms in total. The molecule has 94 valence electrons. The number of aliphatic carboxylic acids is 1. The van der Waals surface area contributed by atoms with Crippen LogP contribution in [0.15, 0.2) is 46.4 Å². The molecule has 0 saturated carbocycles. The van der Waals surface area contributed by atoms with E-state index in [1.807, 2.05) is 0 Å². The number of carbonyl (C=O) groups is 1. The second-order valence-corrected chi connectivity index (χ2v) is 4.12. The summed E-state index contributed by atoms with van der Waals surface area (Å²) in [6.45, 7) is 0. The Balaban J connectivity index is 2.32. The molecule has 2 rings (SSSR count). The quantitative estimate of drug-likeness (QED) is 0.685. The maximum absolute atomic E-state index is 10.7. The second-order valence-electron chi connectivity index (χ2n) is 3.68. The predicted molar refractivity (Wildman–Crippen MR) is 70.4 cm³/mol. The van der Waals surface area contributed by atoms with Gasteiger partial charge in [0.15, 0.2) is 0 Å². The van der Waals surface area contributed by atoms with Crippen molar-refractivity contribution in [2.24, 2.45) is 0 Å². The molecule has 0 aliphatic carbocycles. The summed E-state index contributed by atoms with van der Waals surface area (Å²) in [5, 5.41) is 18.0. The van der Waals surface area contributed by atoms with Crippen molar-refractivity contribution in [1.29, 1.82) is 5.26 Å². The van der Waals surface area contributed by atoms with Crippen LogP contribution < -0.4 is 0 Å². The Hall–Kier alpha value is -2.51. The van der Waals surface area contributed by atoms with Crippen molar-refractivity contribution >= 4 is 23.6 Å². The Morgan fingerprint density at radius 2 is 1.95 bits per heavy atom. The number of rotatable bonds is 3. The lowest BCUT2D eigenvalue weighted by Gasteiger charge is -1.96. The van der Waals surface area contributed by atoms with Gasteiger partial charge in [-0.3, -0.25) is 0 Å². The minimum absolute atomic E-state index is 0.309. The van der Waals surface area contributed by atoms with Gasteiger partial charge in [0.05, 0.1) is 0 Å². The third-order valence-electron chi connectivity index (χ3n) is 2.39. The number of hydrogen-bond acceptors (Lipinski definition) is 3. The van der Waals surface area contributed by atoms with Gasteiger partial charge in [-0.2, -0.15) is 5.26 Å². The van der Waals surface area contributed by atoms with E-state index in [1.165, 1.54) is 6.08 Å². The number of furan rings is 1. The average molecular weight is 274 g/mol. The van der Waals surface area contributed by atoms with Crippen LogP contribution in [0.3, 0.4) is 0 Å². The lowest BCUT2D eigenvalue weighted by Crippen LogP contribution is -1.96. The molecule has 1 heterocycles. The van der Waals surface area contributed by atoms with Crippen molar-refractivity contribution in [2.75, 3.05) is 0 Å². The van der Waals surface area contributed by atoms with Gasteiger partial charge in [0.1, 0.15) is 23.2 Å². The minimum Gasteiger partial charge on any atom is -0.477 e. The van der Waals surface area contributed by atoms with E-state index < -0.39 is 5.97 Å². The fourth-order valence-electron chi connectivity index (χ4n) is 1.48. The third kappa shape index (κ3) is 3.03. The molecule has 1 aromatic carbocycles. The van der Waals surface area contributed by atoms with Crippen molar-refractivity contribution in [1.82, 2.24) is 0 Å². The van der Waals surface area contributed by atoms with Crippen LogP contribution in [0, 0.1) is 11.3 Å². The van der Waals surface area contributed by atoms with E-state index in [1.54, 1.807) is 42.5 Å². The zero-order valence-corrected chi connectivity index (χ0v) is 10.4. The zero-order chi connectivity index (χ0) is 13.8. The summed E-state index contributed by atoms with van der Waals surface area (Å²) in [5.74, 6) is -0.401.